The van der Waals surface area contributed by atoms with Gasteiger partial charge in [-0.15, -0.1) is 4.83 Å². The van der Waals surface area contributed by atoms with Gasteiger partial charge < -0.3 is 4.74 Å². The van der Waals surface area contributed by atoms with Crippen LogP contribution in [0.4, 0.5) is 5.95 Å². The number of aromatic nitrogens is 2. The Labute approximate surface area is 104 Å². The third-order valence-electron chi connectivity index (χ3n) is 2.33. The first-order chi connectivity index (χ1) is 8.62. The van der Waals surface area contributed by atoms with Crippen molar-refractivity contribution < 1.29 is 13.2 Å². The molecule has 9 nitrogen and oxygen atoms in total. The van der Waals surface area contributed by atoms with E-state index in [9.17, 15) is 8.42 Å². The predicted molar refractivity (Wildman–Crippen MR) is 62.6 cm³/mol. The first kappa shape index (κ1) is 13.1. The van der Waals surface area contributed by atoms with E-state index in [1.54, 1.807) is 5.01 Å². The fourth-order valence-electron chi connectivity index (χ4n) is 1.41. The Balaban J connectivity index is 2.08. The van der Waals surface area contributed by atoms with Gasteiger partial charge in [-0.1, -0.05) is 0 Å². The minimum Gasteiger partial charge on any atom is -0.379 e. The van der Waals surface area contributed by atoms with Crippen molar-refractivity contribution in [2.24, 2.45) is 5.84 Å². The van der Waals surface area contributed by atoms with Crippen molar-refractivity contribution >= 4 is 16.0 Å². The topological polar surface area (TPSA) is 122 Å². The summed E-state index contributed by atoms with van der Waals surface area (Å²) in [5.41, 5.74) is 2.22. The smallest absolute Gasteiger partial charge is 0.256 e. The van der Waals surface area contributed by atoms with Crippen molar-refractivity contribution in [1.29, 1.82) is 0 Å². The van der Waals surface area contributed by atoms with E-state index in [4.69, 9.17) is 10.6 Å². The number of hydrazine groups is 2. The largest absolute Gasteiger partial charge is 0.379 e. The summed E-state index contributed by atoms with van der Waals surface area (Å²) >= 11 is 0. The first-order valence-electron chi connectivity index (χ1n) is 5.25. The minimum atomic E-state index is -3.66. The fourth-order valence-corrected chi connectivity index (χ4v) is 2.42. The maximum Gasteiger partial charge on any atom is 0.256 e. The Morgan fingerprint density at radius 3 is 2.44 bits per heavy atom. The number of nitrogens with one attached hydrogen (secondary N) is 2. The van der Waals surface area contributed by atoms with Gasteiger partial charge >= 0.3 is 0 Å². The molecule has 100 valence electrons. The quantitative estimate of drug-likeness (QED) is 0.438. The molecule has 1 fully saturated rings. The van der Waals surface area contributed by atoms with Crippen LogP contribution in [-0.2, 0) is 14.8 Å². The zero-order valence-corrected chi connectivity index (χ0v) is 10.4. The fraction of sp³-hybridized carbons (Fsp3) is 0.500. The van der Waals surface area contributed by atoms with Crippen molar-refractivity contribution in [3.8, 4) is 0 Å². The molecule has 1 aliphatic heterocycles. The van der Waals surface area contributed by atoms with Gasteiger partial charge in [-0.05, 0) is 0 Å². The number of rotatable bonds is 4. The van der Waals surface area contributed by atoms with Gasteiger partial charge in [-0.25, -0.2) is 29.2 Å². The number of hydrogen-bond acceptors (Lipinski definition) is 8. The highest BCUT2D eigenvalue weighted by molar-refractivity contribution is 7.89. The van der Waals surface area contributed by atoms with Crippen LogP contribution < -0.4 is 16.1 Å². The highest BCUT2D eigenvalue weighted by Crippen LogP contribution is 2.08. The van der Waals surface area contributed by atoms with Crippen molar-refractivity contribution in [2.75, 3.05) is 31.7 Å². The summed E-state index contributed by atoms with van der Waals surface area (Å²) < 4.78 is 29.1. The van der Waals surface area contributed by atoms with Crippen molar-refractivity contribution in [2.45, 2.75) is 4.90 Å². The van der Waals surface area contributed by atoms with E-state index in [0.717, 1.165) is 0 Å². The molecule has 4 N–H and O–H groups in total. The lowest BCUT2D eigenvalue weighted by Crippen LogP contribution is -2.48. The maximum absolute atomic E-state index is 12.0. The summed E-state index contributed by atoms with van der Waals surface area (Å²) in [6, 6.07) is 0. The molecule has 0 atom stereocenters. The summed E-state index contributed by atoms with van der Waals surface area (Å²) in [5.74, 6) is 5.25. The number of nitrogens with two attached hydrogens (primary N) is 1. The third kappa shape index (κ3) is 3.11. The Kier molecular flexibility index (Phi) is 4.04. The van der Waals surface area contributed by atoms with Gasteiger partial charge in [0.2, 0.25) is 5.95 Å². The van der Waals surface area contributed by atoms with E-state index in [0.29, 0.717) is 26.3 Å². The lowest BCUT2D eigenvalue weighted by Gasteiger charge is -2.26. The number of anilines is 1. The number of sulfonamides is 1. The zero-order valence-electron chi connectivity index (χ0n) is 9.54. The molecule has 0 saturated carbocycles. The van der Waals surface area contributed by atoms with Crippen molar-refractivity contribution in [3.05, 3.63) is 12.4 Å². The summed E-state index contributed by atoms with van der Waals surface area (Å²) in [6.45, 7) is 2.00. The molecule has 1 aromatic rings. The highest BCUT2D eigenvalue weighted by Gasteiger charge is 2.20. The molecule has 2 rings (SSSR count). The van der Waals surface area contributed by atoms with Crippen LogP contribution in [0, 0.1) is 0 Å². The van der Waals surface area contributed by atoms with E-state index < -0.39 is 10.0 Å². The molecule has 2 heterocycles. The van der Waals surface area contributed by atoms with Crippen LogP contribution in [0.3, 0.4) is 0 Å². The Morgan fingerprint density at radius 1 is 1.28 bits per heavy atom. The maximum atomic E-state index is 12.0. The van der Waals surface area contributed by atoms with Crippen LogP contribution in [0.5, 0.6) is 0 Å². The van der Waals surface area contributed by atoms with E-state index >= 15 is 0 Å². The van der Waals surface area contributed by atoms with E-state index in [1.165, 1.54) is 12.4 Å². The Bertz CT molecular complexity index is 484. The second-order valence-corrected chi connectivity index (χ2v) is 5.24. The molecular weight excluding hydrogens is 260 g/mol. The number of nitrogen functional groups attached to an aromatic ring is 1. The van der Waals surface area contributed by atoms with Gasteiger partial charge in [0.25, 0.3) is 10.0 Å². The molecule has 0 unspecified atom stereocenters. The number of morpholine rings is 1. The van der Waals surface area contributed by atoms with E-state index in [2.05, 4.69) is 20.2 Å². The molecule has 1 aliphatic rings. The Morgan fingerprint density at radius 2 is 1.89 bits per heavy atom. The number of nitrogens with zero attached hydrogens (tertiary/aromatic N) is 3. The van der Waals surface area contributed by atoms with Gasteiger partial charge in [-0.3, -0.25) is 5.43 Å². The van der Waals surface area contributed by atoms with Crippen LogP contribution >= 0.6 is 0 Å². The molecule has 0 spiro atoms. The van der Waals surface area contributed by atoms with E-state index in [1.807, 2.05) is 0 Å². The summed E-state index contributed by atoms with van der Waals surface area (Å²) in [7, 11) is -3.66. The summed E-state index contributed by atoms with van der Waals surface area (Å²) in [5, 5.41) is 1.58. The predicted octanol–water partition coefficient (Wildman–Crippen LogP) is -1.71. The van der Waals surface area contributed by atoms with Gasteiger partial charge in [-0.2, -0.15) is 0 Å². The van der Waals surface area contributed by atoms with Gasteiger partial charge in [0.05, 0.1) is 25.6 Å². The standard InChI is InChI=1S/C8H14N6O3S/c9-12-8-10-5-7(6-11-8)18(15,16)13-14-1-3-17-4-2-14/h5-6,13H,1-4,9H2,(H,10,11,12). The van der Waals surface area contributed by atoms with Gasteiger partial charge in [0.15, 0.2) is 0 Å². The number of ether oxygens (including phenoxy) is 1. The van der Waals surface area contributed by atoms with Gasteiger partial charge in [0.1, 0.15) is 4.90 Å². The van der Waals surface area contributed by atoms with Gasteiger partial charge in [0, 0.05) is 13.1 Å². The van der Waals surface area contributed by atoms with Crippen LogP contribution in [0.25, 0.3) is 0 Å². The molecule has 0 amide bonds. The molecule has 0 bridgehead atoms. The molecule has 0 aliphatic carbocycles. The molecule has 1 aromatic heterocycles. The van der Waals surface area contributed by atoms with Crippen LogP contribution in [0.1, 0.15) is 0 Å². The SMILES string of the molecule is NNc1ncc(S(=O)(=O)NN2CCOCC2)cn1. The van der Waals surface area contributed by atoms with E-state index in [-0.39, 0.29) is 10.8 Å². The average molecular weight is 274 g/mol. The van der Waals surface area contributed by atoms with Crippen LogP contribution in [-0.4, -0.2) is 49.7 Å². The lowest BCUT2D eigenvalue weighted by molar-refractivity contribution is 0.0272. The first-order valence-corrected chi connectivity index (χ1v) is 6.74. The second-order valence-electron chi connectivity index (χ2n) is 3.58. The van der Waals surface area contributed by atoms with Crippen LogP contribution in [0.15, 0.2) is 17.3 Å². The third-order valence-corrected chi connectivity index (χ3v) is 3.66. The molecular formula is C8H14N6O3S. The average Bonchev–Trinajstić information content (AvgIpc) is 2.39. The zero-order chi connectivity index (χ0) is 13.0. The lowest BCUT2D eigenvalue weighted by atomic mass is 10.5. The summed E-state index contributed by atoms with van der Waals surface area (Å²) in [6.07, 6.45) is 2.37. The Hall–Kier alpha value is -1.33. The molecule has 1 saturated heterocycles. The molecule has 10 heteroatoms. The highest BCUT2D eigenvalue weighted by atomic mass is 32.2. The molecule has 0 radical (unpaired) electrons. The van der Waals surface area contributed by atoms with Crippen molar-refractivity contribution in [1.82, 2.24) is 19.8 Å². The number of hydrogen-bond donors (Lipinski definition) is 3. The molecule has 18 heavy (non-hydrogen) atoms. The molecule has 0 aromatic carbocycles. The second kappa shape index (κ2) is 5.54. The monoisotopic (exact) mass is 274 g/mol. The van der Waals surface area contributed by atoms with Crippen LogP contribution in [0.2, 0.25) is 0 Å². The van der Waals surface area contributed by atoms with Crippen molar-refractivity contribution in [3.63, 3.8) is 0 Å². The normalized spacial score (nSPS) is 17.6. The summed E-state index contributed by atoms with van der Waals surface area (Å²) in [4.78, 5) is 9.92. The minimum absolute atomic E-state index is 0.0204.